The second-order valence-corrected chi connectivity index (χ2v) is 8.50. The van der Waals surface area contributed by atoms with E-state index in [0.29, 0.717) is 11.8 Å². The Balaban J connectivity index is 0.00000320. The summed E-state index contributed by atoms with van der Waals surface area (Å²) in [6.45, 7) is 7.47. The van der Waals surface area contributed by atoms with Crippen molar-refractivity contribution < 1.29 is 4.79 Å². The highest BCUT2D eigenvalue weighted by Gasteiger charge is 2.29. The van der Waals surface area contributed by atoms with Crippen LogP contribution in [0.1, 0.15) is 44.2 Å². The second-order valence-electron chi connectivity index (χ2n) is 8.07. The van der Waals surface area contributed by atoms with Crippen LogP contribution < -0.4 is 10.6 Å². The first kappa shape index (κ1) is 25.2. The molecule has 1 saturated heterocycles. The molecule has 6 nitrogen and oxygen atoms in total. The summed E-state index contributed by atoms with van der Waals surface area (Å²) >= 11 is 6.09. The number of guanidine groups is 1. The van der Waals surface area contributed by atoms with Crippen LogP contribution in [0.4, 0.5) is 0 Å². The molecular formula is C22H35ClIN5O. The zero-order chi connectivity index (χ0) is 20.6. The Morgan fingerprint density at radius 3 is 2.57 bits per heavy atom. The SMILES string of the molecule is CN=C(NCCN1CCN(C(=O)C2CCCC2)CC1)NC(C)c1cccc(Cl)c1.I. The molecule has 8 heteroatoms. The van der Waals surface area contributed by atoms with Crippen molar-refractivity contribution in [3.05, 3.63) is 34.9 Å². The Kier molecular flexibility index (Phi) is 10.7. The van der Waals surface area contributed by atoms with E-state index < -0.39 is 0 Å². The average Bonchev–Trinajstić information content (AvgIpc) is 3.28. The second kappa shape index (κ2) is 12.7. The summed E-state index contributed by atoms with van der Waals surface area (Å²) in [5.41, 5.74) is 1.13. The summed E-state index contributed by atoms with van der Waals surface area (Å²) in [4.78, 5) is 21.4. The van der Waals surface area contributed by atoms with Gasteiger partial charge < -0.3 is 15.5 Å². The van der Waals surface area contributed by atoms with E-state index in [4.69, 9.17) is 11.6 Å². The van der Waals surface area contributed by atoms with Gasteiger partial charge in [-0.1, -0.05) is 36.6 Å². The molecular weight excluding hydrogens is 513 g/mol. The fourth-order valence-electron chi connectivity index (χ4n) is 4.21. The summed E-state index contributed by atoms with van der Waals surface area (Å²) in [5, 5.41) is 7.54. The first-order valence-corrected chi connectivity index (χ1v) is 11.2. The third-order valence-electron chi connectivity index (χ3n) is 6.03. The first-order valence-electron chi connectivity index (χ1n) is 10.8. The standard InChI is InChI=1S/C22H34ClN5O.HI/c1-17(19-8-5-9-20(23)16-19)26-22(24-2)25-10-11-27-12-14-28(15-13-27)21(29)18-6-3-4-7-18;/h5,8-9,16-18H,3-4,6-7,10-15H2,1-2H3,(H2,24,25,26);1H. The van der Waals surface area contributed by atoms with Gasteiger partial charge in [0.15, 0.2) is 5.96 Å². The Morgan fingerprint density at radius 2 is 1.93 bits per heavy atom. The van der Waals surface area contributed by atoms with Crippen molar-refractivity contribution in [1.29, 1.82) is 0 Å². The topological polar surface area (TPSA) is 60.0 Å². The highest BCUT2D eigenvalue weighted by Crippen LogP contribution is 2.26. The van der Waals surface area contributed by atoms with E-state index in [1.54, 1.807) is 7.05 Å². The van der Waals surface area contributed by atoms with Crippen LogP contribution in [0.15, 0.2) is 29.3 Å². The van der Waals surface area contributed by atoms with E-state index in [-0.39, 0.29) is 30.0 Å². The summed E-state index contributed by atoms with van der Waals surface area (Å²) < 4.78 is 0. The van der Waals surface area contributed by atoms with E-state index in [1.165, 1.54) is 12.8 Å². The van der Waals surface area contributed by atoms with E-state index in [2.05, 4.69) is 38.4 Å². The number of hydrogen-bond donors (Lipinski definition) is 2. The minimum atomic E-state index is 0. The molecule has 30 heavy (non-hydrogen) atoms. The maximum atomic E-state index is 12.6. The van der Waals surface area contributed by atoms with Crippen LogP contribution in [0.2, 0.25) is 5.02 Å². The van der Waals surface area contributed by atoms with E-state index in [0.717, 1.165) is 68.7 Å². The normalized spacial score (nSPS) is 19.3. The number of piperazine rings is 1. The smallest absolute Gasteiger partial charge is 0.225 e. The van der Waals surface area contributed by atoms with Gasteiger partial charge in [-0.3, -0.25) is 14.7 Å². The Hall–Kier alpha value is -1.06. The Morgan fingerprint density at radius 1 is 1.23 bits per heavy atom. The fourth-order valence-corrected chi connectivity index (χ4v) is 4.41. The molecule has 1 aliphatic carbocycles. The lowest BCUT2D eigenvalue weighted by atomic mass is 10.1. The quantitative estimate of drug-likeness (QED) is 0.325. The number of nitrogens with zero attached hydrogens (tertiary/aromatic N) is 3. The Labute approximate surface area is 202 Å². The first-order chi connectivity index (χ1) is 14.1. The average molecular weight is 548 g/mol. The molecule has 3 rings (SSSR count). The van der Waals surface area contributed by atoms with Crippen molar-refractivity contribution in [3.63, 3.8) is 0 Å². The zero-order valence-electron chi connectivity index (χ0n) is 18.1. The molecule has 0 bridgehead atoms. The maximum Gasteiger partial charge on any atom is 0.225 e. The van der Waals surface area contributed by atoms with Gasteiger partial charge >= 0.3 is 0 Å². The summed E-state index contributed by atoms with van der Waals surface area (Å²) in [6, 6.07) is 7.99. The van der Waals surface area contributed by atoms with E-state index in [1.807, 2.05) is 18.2 Å². The molecule has 0 radical (unpaired) electrons. The molecule has 0 spiro atoms. The molecule has 168 valence electrons. The van der Waals surface area contributed by atoms with Crippen molar-refractivity contribution in [2.24, 2.45) is 10.9 Å². The minimum Gasteiger partial charge on any atom is -0.355 e. The molecule has 1 aromatic rings. The number of rotatable bonds is 6. The molecule has 1 saturated carbocycles. The largest absolute Gasteiger partial charge is 0.355 e. The number of amides is 1. The molecule has 2 aliphatic rings. The lowest BCUT2D eigenvalue weighted by Gasteiger charge is -2.36. The third kappa shape index (κ3) is 7.27. The number of halogens is 2. The van der Waals surface area contributed by atoms with Crippen LogP contribution in [0.5, 0.6) is 0 Å². The van der Waals surface area contributed by atoms with Crippen LogP contribution in [0.25, 0.3) is 0 Å². The Bertz CT molecular complexity index is 703. The van der Waals surface area contributed by atoms with Crippen LogP contribution >= 0.6 is 35.6 Å². The molecule has 1 unspecified atom stereocenters. The van der Waals surface area contributed by atoms with Crippen LogP contribution in [-0.4, -0.2) is 68.0 Å². The lowest BCUT2D eigenvalue weighted by molar-refractivity contribution is -0.137. The molecule has 1 aliphatic heterocycles. The van der Waals surface area contributed by atoms with E-state index >= 15 is 0 Å². The highest BCUT2D eigenvalue weighted by atomic mass is 127. The number of carbonyl (C=O) groups is 1. The predicted molar refractivity (Wildman–Crippen MR) is 135 cm³/mol. The van der Waals surface area contributed by atoms with Gasteiger partial charge in [-0.25, -0.2) is 0 Å². The van der Waals surface area contributed by atoms with Gasteiger partial charge in [0.25, 0.3) is 0 Å². The predicted octanol–water partition coefficient (Wildman–Crippen LogP) is 3.52. The summed E-state index contributed by atoms with van der Waals surface area (Å²) in [7, 11) is 1.79. The number of nitrogens with one attached hydrogen (secondary N) is 2. The van der Waals surface area contributed by atoms with Gasteiger partial charge in [-0.2, -0.15) is 0 Å². The van der Waals surface area contributed by atoms with E-state index in [9.17, 15) is 4.79 Å². The number of carbonyl (C=O) groups excluding carboxylic acids is 1. The lowest BCUT2D eigenvalue weighted by Crippen LogP contribution is -2.52. The van der Waals surface area contributed by atoms with Crippen molar-refractivity contribution >= 4 is 47.4 Å². The van der Waals surface area contributed by atoms with Crippen molar-refractivity contribution in [3.8, 4) is 0 Å². The molecule has 2 fully saturated rings. The number of hydrogen-bond acceptors (Lipinski definition) is 3. The van der Waals surface area contributed by atoms with Gasteiger partial charge in [0.2, 0.25) is 5.91 Å². The van der Waals surface area contributed by atoms with Gasteiger partial charge in [0, 0.05) is 57.3 Å². The van der Waals surface area contributed by atoms with Crippen molar-refractivity contribution in [2.45, 2.75) is 38.6 Å². The van der Waals surface area contributed by atoms with Gasteiger partial charge in [-0.05, 0) is 37.5 Å². The summed E-state index contributed by atoms with van der Waals surface area (Å²) in [6.07, 6.45) is 4.60. The highest BCUT2D eigenvalue weighted by molar-refractivity contribution is 14.0. The van der Waals surface area contributed by atoms with Crippen molar-refractivity contribution in [2.75, 3.05) is 46.3 Å². The number of aliphatic imine (C=N–C) groups is 1. The maximum absolute atomic E-state index is 12.6. The van der Waals surface area contributed by atoms with Crippen molar-refractivity contribution in [1.82, 2.24) is 20.4 Å². The molecule has 1 amide bonds. The number of benzene rings is 1. The van der Waals surface area contributed by atoms with Crippen LogP contribution in [-0.2, 0) is 4.79 Å². The zero-order valence-corrected chi connectivity index (χ0v) is 21.2. The van der Waals surface area contributed by atoms with Gasteiger partial charge in [0.1, 0.15) is 0 Å². The van der Waals surface area contributed by atoms with Gasteiger partial charge in [0.05, 0.1) is 6.04 Å². The van der Waals surface area contributed by atoms with Crippen LogP contribution in [0.3, 0.4) is 0 Å². The molecule has 1 heterocycles. The summed E-state index contributed by atoms with van der Waals surface area (Å²) in [5.74, 6) is 1.46. The fraction of sp³-hybridized carbons (Fsp3) is 0.636. The van der Waals surface area contributed by atoms with Gasteiger partial charge in [-0.15, -0.1) is 24.0 Å². The minimum absolute atomic E-state index is 0. The monoisotopic (exact) mass is 547 g/mol. The molecule has 2 N–H and O–H groups in total. The molecule has 1 atom stereocenters. The van der Waals surface area contributed by atoms with Crippen LogP contribution in [0, 0.1) is 5.92 Å². The molecule has 1 aromatic carbocycles. The third-order valence-corrected chi connectivity index (χ3v) is 6.27. The molecule has 0 aromatic heterocycles.